The molecule has 1 aliphatic carbocycles. The molecule has 5 aromatic rings. The van der Waals surface area contributed by atoms with E-state index in [1.165, 1.54) is 0 Å². The summed E-state index contributed by atoms with van der Waals surface area (Å²) in [6.07, 6.45) is 8.74. The molecular formula is C28H27ClN6O2. The molecular weight excluding hydrogens is 488 g/mol. The third kappa shape index (κ3) is 4.42. The molecule has 1 fully saturated rings. The van der Waals surface area contributed by atoms with Gasteiger partial charge in [0, 0.05) is 25.0 Å². The van der Waals surface area contributed by atoms with Crippen molar-refractivity contribution in [3.05, 3.63) is 87.8 Å². The van der Waals surface area contributed by atoms with E-state index >= 15 is 0 Å². The predicted molar refractivity (Wildman–Crippen MR) is 144 cm³/mol. The molecule has 188 valence electrons. The maximum atomic E-state index is 13.7. The zero-order chi connectivity index (χ0) is 25.5. The molecule has 0 radical (unpaired) electrons. The molecule has 1 aliphatic rings. The second-order valence-corrected chi connectivity index (χ2v) is 10.2. The second kappa shape index (κ2) is 9.52. The number of benzene rings is 1. The molecule has 1 saturated carbocycles. The van der Waals surface area contributed by atoms with E-state index in [0.29, 0.717) is 28.7 Å². The highest BCUT2D eigenvalue weighted by atomic mass is 35.5. The number of pyridine rings is 2. The van der Waals surface area contributed by atoms with Gasteiger partial charge in [-0.2, -0.15) is 0 Å². The van der Waals surface area contributed by atoms with Gasteiger partial charge < -0.3 is 10.3 Å². The molecule has 8 nitrogen and oxygen atoms in total. The number of aromatic nitrogens is 5. The number of para-hydroxylation sites is 2. The SMILES string of the molecule is Cc1ncc(Cl)cc1C(=O)NC1CCC(Cn2c(=O)n(-c3cnc4cc[nH]c4c3)c3ccccc32)CC1. The number of rotatable bonds is 5. The number of amides is 1. The number of carbonyl (C=O) groups excluding carboxylic acids is 1. The van der Waals surface area contributed by atoms with Crippen molar-refractivity contribution in [1.82, 2.24) is 29.4 Å². The summed E-state index contributed by atoms with van der Waals surface area (Å²) in [5.41, 5.74) is 5.40. The number of aromatic amines is 1. The highest BCUT2D eigenvalue weighted by Crippen LogP contribution is 2.28. The van der Waals surface area contributed by atoms with Gasteiger partial charge >= 0.3 is 5.69 Å². The van der Waals surface area contributed by atoms with Crippen LogP contribution >= 0.6 is 11.6 Å². The number of nitrogens with zero attached hydrogens (tertiary/aromatic N) is 4. The first-order valence-corrected chi connectivity index (χ1v) is 12.9. The third-order valence-corrected chi connectivity index (χ3v) is 7.61. The number of hydrogen-bond donors (Lipinski definition) is 2. The topological polar surface area (TPSA) is 97.6 Å². The fourth-order valence-corrected chi connectivity index (χ4v) is 5.59. The third-order valence-electron chi connectivity index (χ3n) is 7.40. The zero-order valence-corrected chi connectivity index (χ0v) is 21.2. The lowest BCUT2D eigenvalue weighted by Crippen LogP contribution is -2.39. The summed E-state index contributed by atoms with van der Waals surface area (Å²) < 4.78 is 3.63. The fraction of sp³-hybridized carbons (Fsp3) is 0.286. The number of carbonyl (C=O) groups is 1. The quantitative estimate of drug-likeness (QED) is 0.344. The first-order valence-electron chi connectivity index (χ1n) is 12.5. The molecule has 1 amide bonds. The molecule has 0 bridgehead atoms. The van der Waals surface area contributed by atoms with Crippen LogP contribution in [0.25, 0.3) is 27.8 Å². The first-order chi connectivity index (χ1) is 18.0. The van der Waals surface area contributed by atoms with Crippen LogP contribution in [0.5, 0.6) is 0 Å². The van der Waals surface area contributed by atoms with Gasteiger partial charge in [-0.25, -0.2) is 4.79 Å². The Morgan fingerprint density at radius 1 is 1.08 bits per heavy atom. The van der Waals surface area contributed by atoms with Crippen molar-refractivity contribution in [2.75, 3.05) is 0 Å². The molecule has 9 heteroatoms. The van der Waals surface area contributed by atoms with Crippen LogP contribution in [0.3, 0.4) is 0 Å². The van der Waals surface area contributed by atoms with Crippen molar-refractivity contribution >= 4 is 39.6 Å². The van der Waals surface area contributed by atoms with E-state index in [-0.39, 0.29) is 17.6 Å². The standard InChI is InChI=1S/C28H27ClN6O2/c1-17-22(12-19(29)14-31-17)27(36)33-20-8-6-18(7-9-20)16-34-25-4-2-3-5-26(25)35(28(34)37)21-13-24-23(32-15-21)10-11-30-24/h2-5,10-15,18,20,30H,6-9,16H2,1H3,(H,33,36). The summed E-state index contributed by atoms with van der Waals surface area (Å²) >= 11 is 6.04. The van der Waals surface area contributed by atoms with E-state index in [1.54, 1.807) is 23.0 Å². The smallest absolute Gasteiger partial charge is 0.333 e. The lowest BCUT2D eigenvalue weighted by atomic mass is 9.85. The maximum Gasteiger partial charge on any atom is 0.333 e. The van der Waals surface area contributed by atoms with Crippen LogP contribution < -0.4 is 11.0 Å². The maximum absolute atomic E-state index is 13.7. The van der Waals surface area contributed by atoms with Gasteiger partial charge in [-0.15, -0.1) is 0 Å². The highest BCUT2D eigenvalue weighted by Gasteiger charge is 2.25. The van der Waals surface area contributed by atoms with Gasteiger partial charge in [-0.3, -0.25) is 23.9 Å². The Morgan fingerprint density at radius 2 is 1.86 bits per heavy atom. The van der Waals surface area contributed by atoms with Crippen molar-refractivity contribution in [3.63, 3.8) is 0 Å². The molecule has 6 rings (SSSR count). The molecule has 37 heavy (non-hydrogen) atoms. The number of hydrogen-bond acceptors (Lipinski definition) is 4. The zero-order valence-electron chi connectivity index (χ0n) is 20.4. The van der Waals surface area contributed by atoms with Gasteiger partial charge in [0.1, 0.15) is 0 Å². The molecule has 2 N–H and O–H groups in total. The second-order valence-electron chi connectivity index (χ2n) is 9.80. The van der Waals surface area contributed by atoms with Gasteiger partial charge in [0.15, 0.2) is 0 Å². The van der Waals surface area contributed by atoms with E-state index in [1.807, 2.05) is 54.1 Å². The minimum Gasteiger partial charge on any atom is -0.360 e. The predicted octanol–water partition coefficient (Wildman–Crippen LogP) is 5.01. The van der Waals surface area contributed by atoms with E-state index in [9.17, 15) is 9.59 Å². The van der Waals surface area contributed by atoms with Crippen LogP contribution in [-0.4, -0.2) is 36.0 Å². The number of nitrogens with one attached hydrogen (secondary N) is 2. The van der Waals surface area contributed by atoms with Crippen LogP contribution in [0, 0.1) is 12.8 Å². The minimum atomic E-state index is -0.136. The minimum absolute atomic E-state index is 0.0618. The Kier molecular flexibility index (Phi) is 6.04. The summed E-state index contributed by atoms with van der Waals surface area (Å²) in [4.78, 5) is 38.3. The van der Waals surface area contributed by atoms with Crippen LogP contribution in [0.1, 0.15) is 41.7 Å². The van der Waals surface area contributed by atoms with Gasteiger partial charge in [0.25, 0.3) is 5.91 Å². The van der Waals surface area contributed by atoms with Crippen molar-refractivity contribution in [2.45, 2.75) is 45.2 Å². The monoisotopic (exact) mass is 514 g/mol. The highest BCUT2D eigenvalue weighted by molar-refractivity contribution is 6.30. The number of H-pyrrole nitrogens is 1. The van der Waals surface area contributed by atoms with Gasteiger partial charge in [0.2, 0.25) is 0 Å². The summed E-state index contributed by atoms with van der Waals surface area (Å²) in [7, 11) is 0. The van der Waals surface area contributed by atoms with E-state index in [4.69, 9.17) is 11.6 Å². The van der Waals surface area contributed by atoms with Gasteiger partial charge in [-0.1, -0.05) is 23.7 Å². The largest absolute Gasteiger partial charge is 0.360 e. The number of imidazole rings is 1. The molecule has 0 spiro atoms. The fourth-order valence-electron chi connectivity index (χ4n) is 5.43. The Morgan fingerprint density at radius 3 is 2.68 bits per heavy atom. The summed E-state index contributed by atoms with van der Waals surface area (Å²) in [6, 6.07) is 13.5. The Hall–Kier alpha value is -3.91. The lowest BCUT2D eigenvalue weighted by molar-refractivity contribution is 0.0919. The Balaban J connectivity index is 1.20. The molecule has 0 unspecified atom stereocenters. The van der Waals surface area contributed by atoms with Gasteiger partial charge in [-0.05, 0) is 68.9 Å². The molecule has 1 aromatic carbocycles. The van der Waals surface area contributed by atoms with Crippen molar-refractivity contribution in [2.24, 2.45) is 5.92 Å². The lowest BCUT2D eigenvalue weighted by Gasteiger charge is -2.29. The summed E-state index contributed by atoms with van der Waals surface area (Å²) in [6.45, 7) is 2.45. The average molecular weight is 515 g/mol. The van der Waals surface area contributed by atoms with Crippen LogP contribution in [-0.2, 0) is 6.54 Å². The normalized spacial score (nSPS) is 17.9. The number of halogens is 1. The first kappa shape index (κ1) is 23.5. The molecule has 4 aromatic heterocycles. The van der Waals surface area contributed by atoms with Crippen molar-refractivity contribution < 1.29 is 4.79 Å². The van der Waals surface area contributed by atoms with Crippen LogP contribution in [0.2, 0.25) is 5.02 Å². The summed E-state index contributed by atoms with van der Waals surface area (Å²) in [5.74, 6) is 0.214. The van der Waals surface area contributed by atoms with E-state index < -0.39 is 0 Å². The van der Waals surface area contributed by atoms with Crippen molar-refractivity contribution in [1.29, 1.82) is 0 Å². The van der Waals surface area contributed by atoms with Gasteiger partial charge in [0.05, 0.1) is 50.2 Å². The van der Waals surface area contributed by atoms with Crippen LogP contribution in [0.15, 0.2) is 65.8 Å². The number of fused-ring (bicyclic) bond motifs is 2. The van der Waals surface area contributed by atoms with Crippen LogP contribution in [0.4, 0.5) is 0 Å². The van der Waals surface area contributed by atoms with E-state index in [2.05, 4.69) is 20.3 Å². The van der Waals surface area contributed by atoms with E-state index in [0.717, 1.165) is 53.4 Å². The summed E-state index contributed by atoms with van der Waals surface area (Å²) in [5, 5.41) is 3.60. The number of aryl methyl sites for hydroxylation is 1. The molecule has 0 saturated heterocycles. The Bertz CT molecular complexity index is 1680. The van der Waals surface area contributed by atoms with Crippen molar-refractivity contribution in [3.8, 4) is 5.69 Å². The molecule has 4 heterocycles. The molecule has 0 atom stereocenters. The average Bonchev–Trinajstić information content (AvgIpc) is 3.48. The molecule has 0 aliphatic heterocycles. The Labute approximate surface area is 218 Å².